The predicted molar refractivity (Wildman–Crippen MR) is 130 cm³/mol. The van der Waals surface area contributed by atoms with Crippen LogP contribution in [0.25, 0.3) is 0 Å². The van der Waals surface area contributed by atoms with Gasteiger partial charge in [-0.3, -0.25) is 14.4 Å². The van der Waals surface area contributed by atoms with Gasteiger partial charge >= 0.3 is 6.09 Å². The molecule has 0 aliphatic carbocycles. The van der Waals surface area contributed by atoms with Crippen molar-refractivity contribution < 1.29 is 23.9 Å². The van der Waals surface area contributed by atoms with E-state index in [0.29, 0.717) is 0 Å². The van der Waals surface area contributed by atoms with Gasteiger partial charge < -0.3 is 26.0 Å². The SMILES string of the molecule is CNC(=O)[C@@H](NC(=O)[C@H](Cc1ccccc1)NC(=O)C(S)CNC(=O)OC(C)(C)C)C(C)C. The molecular weight excluding hydrogens is 444 g/mol. The van der Waals surface area contributed by atoms with Crippen molar-refractivity contribution in [3.63, 3.8) is 0 Å². The third-order valence-electron chi connectivity index (χ3n) is 4.55. The van der Waals surface area contributed by atoms with Crippen LogP contribution in [0.1, 0.15) is 40.2 Å². The van der Waals surface area contributed by atoms with Crippen molar-refractivity contribution >= 4 is 36.4 Å². The molecule has 1 aromatic rings. The predicted octanol–water partition coefficient (Wildman–Crippen LogP) is 1.42. The molecule has 0 aliphatic heterocycles. The molecule has 1 aromatic carbocycles. The fourth-order valence-corrected chi connectivity index (χ4v) is 3.02. The maximum absolute atomic E-state index is 13.0. The summed E-state index contributed by atoms with van der Waals surface area (Å²) in [6.45, 7) is 8.74. The lowest BCUT2D eigenvalue weighted by Gasteiger charge is -2.26. The van der Waals surface area contributed by atoms with E-state index in [9.17, 15) is 19.2 Å². The Morgan fingerprint density at radius 3 is 2.09 bits per heavy atom. The molecule has 9 nitrogen and oxygen atoms in total. The first-order chi connectivity index (χ1) is 15.3. The number of benzene rings is 1. The van der Waals surface area contributed by atoms with Crippen molar-refractivity contribution in [1.29, 1.82) is 0 Å². The molecule has 0 heterocycles. The molecule has 1 unspecified atom stereocenters. The van der Waals surface area contributed by atoms with Gasteiger partial charge in [-0.1, -0.05) is 44.2 Å². The number of alkyl carbamates (subject to hydrolysis) is 1. The van der Waals surface area contributed by atoms with Crippen LogP contribution in [0.15, 0.2) is 30.3 Å². The van der Waals surface area contributed by atoms with Gasteiger partial charge in [-0.2, -0.15) is 12.6 Å². The minimum absolute atomic E-state index is 0.0869. The summed E-state index contributed by atoms with van der Waals surface area (Å²) in [6.07, 6.45) is -0.449. The average molecular weight is 481 g/mol. The summed E-state index contributed by atoms with van der Waals surface area (Å²) < 4.78 is 5.15. The van der Waals surface area contributed by atoms with Gasteiger partial charge in [0.15, 0.2) is 0 Å². The van der Waals surface area contributed by atoms with Gasteiger partial charge in [-0.15, -0.1) is 0 Å². The molecule has 0 aliphatic rings. The zero-order chi connectivity index (χ0) is 25.2. The number of rotatable bonds is 10. The third kappa shape index (κ3) is 10.6. The quantitative estimate of drug-likeness (QED) is 0.324. The second-order valence-electron chi connectivity index (χ2n) is 8.99. The smallest absolute Gasteiger partial charge is 0.407 e. The Morgan fingerprint density at radius 1 is 0.970 bits per heavy atom. The zero-order valence-corrected chi connectivity index (χ0v) is 21.0. The number of carbonyl (C=O) groups excluding carboxylic acids is 4. The van der Waals surface area contributed by atoms with Gasteiger partial charge in [-0.25, -0.2) is 4.79 Å². The van der Waals surface area contributed by atoms with E-state index in [2.05, 4.69) is 33.9 Å². The molecule has 0 radical (unpaired) electrons. The second-order valence-corrected chi connectivity index (χ2v) is 9.62. The van der Waals surface area contributed by atoms with Crippen molar-refractivity contribution in [3.8, 4) is 0 Å². The van der Waals surface area contributed by atoms with Crippen LogP contribution < -0.4 is 21.3 Å². The maximum Gasteiger partial charge on any atom is 0.407 e. The van der Waals surface area contributed by atoms with E-state index in [0.717, 1.165) is 5.56 Å². The van der Waals surface area contributed by atoms with E-state index in [1.165, 1.54) is 7.05 Å². The molecule has 0 saturated carbocycles. The van der Waals surface area contributed by atoms with Crippen LogP contribution in [0.4, 0.5) is 4.79 Å². The lowest BCUT2D eigenvalue weighted by molar-refractivity contribution is -0.132. The van der Waals surface area contributed by atoms with Crippen LogP contribution in [-0.4, -0.2) is 60.3 Å². The summed E-state index contributed by atoms with van der Waals surface area (Å²) in [4.78, 5) is 49.8. The standard InChI is InChI=1S/C23H36N4O5S/c1-14(2)18(21(30)24-6)27-19(28)16(12-15-10-8-7-9-11-15)26-20(29)17(33)13-25-22(31)32-23(3,4)5/h7-11,14,16-18,33H,12-13H2,1-6H3,(H,24,30)(H,25,31)(H,26,29)(H,27,28)/t16-,17?,18-/m0/s1. The van der Waals surface area contributed by atoms with Crippen molar-refractivity contribution in [2.75, 3.05) is 13.6 Å². The topological polar surface area (TPSA) is 126 Å². The highest BCUT2D eigenvalue weighted by Crippen LogP contribution is 2.09. The number of hydrogen-bond donors (Lipinski definition) is 5. The minimum Gasteiger partial charge on any atom is -0.444 e. The van der Waals surface area contributed by atoms with E-state index < -0.39 is 40.8 Å². The van der Waals surface area contributed by atoms with E-state index in [4.69, 9.17) is 4.74 Å². The Morgan fingerprint density at radius 2 is 1.58 bits per heavy atom. The van der Waals surface area contributed by atoms with E-state index >= 15 is 0 Å². The summed E-state index contributed by atoms with van der Waals surface area (Å²) in [7, 11) is 1.50. The number of thiol groups is 1. The van der Waals surface area contributed by atoms with Crippen molar-refractivity contribution in [2.24, 2.45) is 5.92 Å². The normalized spacial score (nSPS) is 13.9. The van der Waals surface area contributed by atoms with Gasteiger partial charge in [0, 0.05) is 20.0 Å². The highest BCUT2D eigenvalue weighted by molar-refractivity contribution is 7.81. The first-order valence-corrected chi connectivity index (χ1v) is 11.4. The van der Waals surface area contributed by atoms with Crippen LogP contribution >= 0.6 is 12.6 Å². The first kappa shape index (κ1) is 28.3. The van der Waals surface area contributed by atoms with Crippen LogP contribution in [0.5, 0.6) is 0 Å². The number of likely N-dealkylation sites (N-methyl/N-ethyl adjacent to an activating group) is 1. The molecule has 0 aromatic heterocycles. The second kappa shape index (κ2) is 13.1. The van der Waals surface area contributed by atoms with E-state index in [1.54, 1.807) is 20.8 Å². The molecule has 10 heteroatoms. The summed E-state index contributed by atoms with van der Waals surface area (Å²) >= 11 is 4.25. The van der Waals surface area contributed by atoms with Crippen molar-refractivity contribution in [3.05, 3.63) is 35.9 Å². The van der Waals surface area contributed by atoms with Crippen LogP contribution in [0.3, 0.4) is 0 Å². The Kier molecular flexibility index (Phi) is 11.2. The number of hydrogen-bond acceptors (Lipinski definition) is 6. The van der Waals surface area contributed by atoms with E-state index in [-0.39, 0.29) is 24.8 Å². The van der Waals surface area contributed by atoms with Gasteiger partial charge in [0.1, 0.15) is 17.7 Å². The molecule has 3 atom stereocenters. The minimum atomic E-state index is -0.943. The highest BCUT2D eigenvalue weighted by Gasteiger charge is 2.29. The largest absolute Gasteiger partial charge is 0.444 e. The number of nitrogens with one attached hydrogen (secondary N) is 4. The lowest BCUT2D eigenvalue weighted by Crippen LogP contribution is -2.56. The Labute approximate surface area is 201 Å². The van der Waals surface area contributed by atoms with Gasteiger partial charge in [0.2, 0.25) is 17.7 Å². The molecule has 33 heavy (non-hydrogen) atoms. The lowest BCUT2D eigenvalue weighted by atomic mass is 10.0. The average Bonchev–Trinajstić information content (AvgIpc) is 2.73. The van der Waals surface area contributed by atoms with Gasteiger partial charge in [-0.05, 0) is 32.3 Å². The van der Waals surface area contributed by atoms with Crippen LogP contribution in [0, 0.1) is 5.92 Å². The number of amides is 4. The van der Waals surface area contributed by atoms with Gasteiger partial charge in [0.05, 0.1) is 5.25 Å². The summed E-state index contributed by atoms with van der Waals surface area (Å²) in [5, 5.41) is 9.53. The third-order valence-corrected chi connectivity index (χ3v) is 4.97. The first-order valence-electron chi connectivity index (χ1n) is 10.8. The Bertz CT molecular complexity index is 811. The Balaban J connectivity index is 2.89. The fourth-order valence-electron chi connectivity index (χ4n) is 2.86. The summed E-state index contributed by atoms with van der Waals surface area (Å²) in [6, 6.07) is 7.50. The molecule has 0 fully saturated rings. The summed E-state index contributed by atoms with van der Waals surface area (Å²) in [5.74, 6) is -1.50. The maximum atomic E-state index is 13.0. The highest BCUT2D eigenvalue weighted by atomic mass is 32.1. The Hall–Kier alpha value is -2.75. The molecule has 0 spiro atoms. The molecule has 4 amide bonds. The number of carbonyl (C=O) groups is 4. The number of ether oxygens (including phenoxy) is 1. The van der Waals surface area contributed by atoms with Crippen LogP contribution in [-0.2, 0) is 25.5 Å². The molecular formula is C23H36N4O5S. The molecule has 0 saturated heterocycles. The summed E-state index contributed by atoms with van der Waals surface area (Å²) in [5.41, 5.74) is 0.163. The monoisotopic (exact) mass is 480 g/mol. The molecule has 1 rings (SSSR count). The van der Waals surface area contributed by atoms with E-state index in [1.807, 2.05) is 44.2 Å². The molecule has 4 N–H and O–H groups in total. The van der Waals surface area contributed by atoms with Gasteiger partial charge in [0.25, 0.3) is 0 Å². The van der Waals surface area contributed by atoms with Crippen molar-refractivity contribution in [1.82, 2.24) is 21.3 Å². The molecule has 0 bridgehead atoms. The molecule has 184 valence electrons. The van der Waals surface area contributed by atoms with Crippen molar-refractivity contribution in [2.45, 2.75) is 64.0 Å². The van der Waals surface area contributed by atoms with Crippen LogP contribution in [0.2, 0.25) is 0 Å². The zero-order valence-electron chi connectivity index (χ0n) is 20.1. The fraction of sp³-hybridized carbons (Fsp3) is 0.565.